The third-order valence-electron chi connectivity index (χ3n) is 7.42. The van der Waals surface area contributed by atoms with Gasteiger partial charge in [-0.05, 0) is 60.1 Å². The number of rotatable bonds is 5. The summed E-state index contributed by atoms with van der Waals surface area (Å²) in [6.45, 7) is 4.29. The minimum atomic E-state index is -0.676. The smallest absolute Gasteiger partial charge is 0.269 e. The third kappa shape index (κ3) is 3.00. The van der Waals surface area contributed by atoms with Gasteiger partial charge in [-0.15, -0.1) is 5.10 Å². The van der Waals surface area contributed by atoms with Crippen LogP contribution in [0.1, 0.15) is 60.0 Å². The predicted molar refractivity (Wildman–Crippen MR) is 118 cm³/mol. The summed E-state index contributed by atoms with van der Waals surface area (Å²) >= 11 is 0. The number of amides is 1. The van der Waals surface area contributed by atoms with Crippen molar-refractivity contribution in [3.05, 3.63) is 76.7 Å². The molecule has 170 valence electrons. The third-order valence-corrected chi connectivity index (χ3v) is 7.42. The molecule has 5 rings (SSSR count). The maximum absolute atomic E-state index is 14.4. The van der Waals surface area contributed by atoms with Crippen LogP contribution in [0.2, 0.25) is 0 Å². The number of aliphatic hydroxyl groups is 1. The van der Waals surface area contributed by atoms with E-state index in [9.17, 15) is 13.6 Å². The van der Waals surface area contributed by atoms with Crippen LogP contribution >= 0.6 is 0 Å². The van der Waals surface area contributed by atoms with Gasteiger partial charge in [0.2, 0.25) is 0 Å². The van der Waals surface area contributed by atoms with Gasteiger partial charge >= 0.3 is 0 Å². The van der Waals surface area contributed by atoms with E-state index in [1.165, 1.54) is 18.2 Å². The fourth-order valence-electron chi connectivity index (χ4n) is 5.82. The highest BCUT2D eigenvalue weighted by atomic mass is 19.1. The molecule has 8 heteroatoms. The van der Waals surface area contributed by atoms with E-state index in [1.54, 1.807) is 18.2 Å². The van der Waals surface area contributed by atoms with Gasteiger partial charge in [-0.3, -0.25) is 4.79 Å². The number of benzene rings is 1. The summed E-state index contributed by atoms with van der Waals surface area (Å²) in [5.41, 5.74) is 1.81. The first-order valence-electron chi connectivity index (χ1n) is 11.0. The molecule has 2 bridgehead atoms. The van der Waals surface area contributed by atoms with Crippen LogP contribution in [0.4, 0.5) is 8.78 Å². The predicted octanol–water partition coefficient (Wildman–Crippen LogP) is 3.74. The molecule has 0 spiro atoms. The fourth-order valence-corrected chi connectivity index (χ4v) is 5.82. The quantitative estimate of drug-likeness (QED) is 0.618. The number of carbonyl (C=O) groups is 1. The molecule has 1 saturated carbocycles. The van der Waals surface area contributed by atoms with Gasteiger partial charge in [0.1, 0.15) is 17.3 Å². The number of hydrogen-bond donors (Lipinski definition) is 2. The van der Waals surface area contributed by atoms with Gasteiger partial charge in [-0.2, -0.15) is 5.10 Å². The van der Waals surface area contributed by atoms with Crippen molar-refractivity contribution in [2.45, 2.75) is 38.0 Å². The van der Waals surface area contributed by atoms with E-state index in [0.717, 1.165) is 29.8 Å². The van der Waals surface area contributed by atoms with Gasteiger partial charge in [0.05, 0.1) is 34.7 Å². The van der Waals surface area contributed by atoms with Crippen molar-refractivity contribution in [1.29, 1.82) is 0 Å². The minimum Gasteiger partial charge on any atom is -0.395 e. The Balaban J connectivity index is 1.63. The highest BCUT2D eigenvalue weighted by molar-refractivity contribution is 5.92. The van der Waals surface area contributed by atoms with E-state index in [1.807, 2.05) is 6.07 Å². The van der Waals surface area contributed by atoms with E-state index < -0.39 is 17.0 Å². The molecule has 2 atom stereocenters. The maximum atomic E-state index is 14.4. The Labute approximate surface area is 190 Å². The van der Waals surface area contributed by atoms with Gasteiger partial charge in [0.25, 0.3) is 5.91 Å². The largest absolute Gasteiger partial charge is 0.395 e. The van der Waals surface area contributed by atoms with Crippen LogP contribution in [0.3, 0.4) is 0 Å². The van der Waals surface area contributed by atoms with Crippen molar-refractivity contribution < 1.29 is 18.7 Å². The zero-order chi connectivity index (χ0) is 23.4. The van der Waals surface area contributed by atoms with E-state index in [4.69, 9.17) is 10.1 Å². The van der Waals surface area contributed by atoms with Crippen molar-refractivity contribution >= 4 is 5.91 Å². The molecular weight excluding hydrogens is 426 g/mol. The number of hydrogen-bond acceptors (Lipinski definition) is 5. The SMILES string of the molecule is CC1(C)[C@@H]2CC[C@@]1(c1cccc(C(=O)NCCO)n1)c1nnc(-c3c(F)cccc3F)cc12. The van der Waals surface area contributed by atoms with Crippen LogP contribution in [-0.4, -0.2) is 39.3 Å². The second kappa shape index (κ2) is 7.66. The van der Waals surface area contributed by atoms with Crippen LogP contribution in [0.15, 0.2) is 42.5 Å². The Morgan fingerprint density at radius 2 is 1.88 bits per heavy atom. The van der Waals surface area contributed by atoms with Crippen molar-refractivity contribution in [2.24, 2.45) is 5.41 Å². The van der Waals surface area contributed by atoms with Crippen LogP contribution < -0.4 is 5.32 Å². The maximum Gasteiger partial charge on any atom is 0.269 e. The Kier molecular flexibility index (Phi) is 5.01. The van der Waals surface area contributed by atoms with E-state index in [0.29, 0.717) is 0 Å². The van der Waals surface area contributed by atoms with Crippen molar-refractivity contribution in [3.63, 3.8) is 0 Å². The summed E-state index contributed by atoms with van der Waals surface area (Å²) in [6.07, 6.45) is 1.65. The summed E-state index contributed by atoms with van der Waals surface area (Å²) in [5, 5.41) is 20.4. The second-order valence-corrected chi connectivity index (χ2v) is 9.24. The molecule has 3 aromatic rings. The summed E-state index contributed by atoms with van der Waals surface area (Å²) < 4.78 is 28.8. The van der Waals surface area contributed by atoms with E-state index in [-0.39, 0.29) is 47.3 Å². The van der Waals surface area contributed by atoms with Gasteiger partial charge in [-0.25, -0.2) is 13.8 Å². The molecule has 0 radical (unpaired) electrons. The van der Waals surface area contributed by atoms with Crippen LogP contribution in [0, 0.1) is 17.0 Å². The first-order valence-corrected chi connectivity index (χ1v) is 11.0. The zero-order valence-electron chi connectivity index (χ0n) is 18.4. The average molecular weight is 450 g/mol. The summed E-state index contributed by atoms with van der Waals surface area (Å²) in [4.78, 5) is 17.2. The second-order valence-electron chi connectivity index (χ2n) is 9.24. The lowest BCUT2D eigenvalue weighted by Gasteiger charge is -2.37. The van der Waals surface area contributed by atoms with Crippen molar-refractivity contribution in [1.82, 2.24) is 20.5 Å². The molecule has 1 aromatic carbocycles. The molecule has 0 saturated heterocycles. The first-order chi connectivity index (χ1) is 15.8. The normalized spacial score (nSPS) is 22.3. The molecule has 1 fully saturated rings. The van der Waals surface area contributed by atoms with Gasteiger partial charge < -0.3 is 10.4 Å². The number of nitrogens with zero attached hydrogens (tertiary/aromatic N) is 3. The summed E-state index contributed by atoms with van der Waals surface area (Å²) in [7, 11) is 0. The number of pyridine rings is 1. The summed E-state index contributed by atoms with van der Waals surface area (Å²) in [6, 6.07) is 10.8. The number of halogens is 2. The fraction of sp³-hybridized carbons (Fsp3) is 0.360. The first kappa shape index (κ1) is 21.6. The molecule has 0 aliphatic heterocycles. The Bertz CT molecular complexity index is 1240. The van der Waals surface area contributed by atoms with Gasteiger partial charge in [-0.1, -0.05) is 26.0 Å². The molecule has 2 aromatic heterocycles. The summed E-state index contributed by atoms with van der Waals surface area (Å²) in [5.74, 6) is -1.59. The topological polar surface area (TPSA) is 88.0 Å². The van der Waals surface area contributed by atoms with Crippen LogP contribution in [0.25, 0.3) is 11.3 Å². The lowest BCUT2D eigenvalue weighted by molar-refractivity contribution is 0.0938. The monoisotopic (exact) mass is 450 g/mol. The highest BCUT2D eigenvalue weighted by Gasteiger charge is 2.65. The molecule has 2 aliphatic rings. The Morgan fingerprint density at radius 3 is 2.61 bits per heavy atom. The molecule has 1 amide bonds. The molecule has 2 aliphatic carbocycles. The Hall–Kier alpha value is -3.26. The standard InChI is InChI=1S/C25H24F2N4O2/c1-24(2)15-9-10-25(24,20-8-4-7-18(29-20)23(33)28-11-12-32)22-14(15)13-19(30-31-22)21-16(26)5-3-6-17(21)27/h3-8,13,15,32H,9-12H2,1-2H3,(H,28,33)/t15-,25-/m1/s1. The lowest BCUT2D eigenvalue weighted by atomic mass is 9.66. The number of nitrogens with one attached hydrogen (secondary N) is 1. The zero-order valence-corrected chi connectivity index (χ0v) is 18.4. The average Bonchev–Trinajstić information content (AvgIpc) is 3.18. The van der Waals surface area contributed by atoms with Crippen LogP contribution in [-0.2, 0) is 5.41 Å². The van der Waals surface area contributed by atoms with Crippen molar-refractivity contribution in [2.75, 3.05) is 13.2 Å². The molecule has 0 unspecified atom stereocenters. The lowest BCUT2D eigenvalue weighted by Crippen LogP contribution is -2.38. The van der Waals surface area contributed by atoms with Gasteiger partial charge in [0, 0.05) is 6.54 Å². The number of aromatic nitrogens is 3. The Morgan fingerprint density at radius 1 is 1.15 bits per heavy atom. The highest BCUT2D eigenvalue weighted by Crippen LogP contribution is 2.69. The van der Waals surface area contributed by atoms with Gasteiger partial charge in [0.15, 0.2) is 0 Å². The molecule has 2 heterocycles. The van der Waals surface area contributed by atoms with Crippen molar-refractivity contribution in [3.8, 4) is 11.3 Å². The minimum absolute atomic E-state index is 0.116. The van der Waals surface area contributed by atoms with Crippen LogP contribution in [0.5, 0.6) is 0 Å². The molecular formula is C25H24F2N4O2. The molecule has 2 N–H and O–H groups in total. The molecule has 6 nitrogen and oxygen atoms in total. The van der Waals surface area contributed by atoms with E-state index in [2.05, 4.69) is 29.4 Å². The van der Waals surface area contributed by atoms with E-state index >= 15 is 0 Å². The number of aliphatic hydroxyl groups excluding tert-OH is 1. The number of fused-ring (bicyclic) bond motifs is 5. The molecule has 33 heavy (non-hydrogen) atoms. The number of carbonyl (C=O) groups excluding carboxylic acids is 1.